The quantitative estimate of drug-likeness (QED) is 0.657. The first-order valence-corrected chi connectivity index (χ1v) is 9.05. The fourth-order valence-corrected chi connectivity index (χ4v) is 3.78. The minimum atomic E-state index is -0.282. The lowest BCUT2D eigenvalue weighted by Crippen LogP contribution is -2.29. The topological polar surface area (TPSA) is 23.6 Å². The summed E-state index contributed by atoms with van der Waals surface area (Å²) in [5.74, 6) is -0.338. The van der Waals surface area contributed by atoms with Gasteiger partial charge in [-0.1, -0.05) is 18.2 Å². The third kappa shape index (κ3) is 3.66. The van der Waals surface area contributed by atoms with Crippen molar-refractivity contribution in [1.82, 2.24) is 4.90 Å². The zero-order valence-electron chi connectivity index (χ0n) is 14.6. The molecular formula is C20H21FN2OS. The molecule has 0 aliphatic rings. The number of halogens is 1. The second-order valence-corrected chi connectivity index (χ2v) is 7.23. The number of fused-ring (bicyclic) bond motifs is 1. The number of benzene rings is 2. The van der Waals surface area contributed by atoms with E-state index < -0.39 is 0 Å². The van der Waals surface area contributed by atoms with Gasteiger partial charge in [0.05, 0.1) is 4.88 Å². The maximum atomic E-state index is 13.9. The molecular weight excluding hydrogens is 335 g/mol. The van der Waals surface area contributed by atoms with Gasteiger partial charge in [-0.25, -0.2) is 4.39 Å². The fourth-order valence-electron chi connectivity index (χ4n) is 2.73. The molecule has 1 aromatic heterocycles. The molecule has 130 valence electrons. The molecule has 3 aromatic rings. The lowest BCUT2D eigenvalue weighted by molar-refractivity contribution is 0.0757. The summed E-state index contributed by atoms with van der Waals surface area (Å²) in [4.78, 5) is 17.2. The molecule has 0 fully saturated rings. The van der Waals surface area contributed by atoms with E-state index >= 15 is 0 Å². The summed E-state index contributed by atoms with van der Waals surface area (Å²) in [5, 5.41) is 0.516. The first-order chi connectivity index (χ1) is 12.0. The zero-order valence-corrected chi connectivity index (χ0v) is 15.4. The van der Waals surface area contributed by atoms with Gasteiger partial charge in [-0.2, -0.15) is 0 Å². The number of nitrogens with zero attached hydrogens (tertiary/aromatic N) is 2. The molecule has 0 bridgehead atoms. The van der Waals surface area contributed by atoms with Gasteiger partial charge in [-0.15, -0.1) is 11.3 Å². The first kappa shape index (κ1) is 17.4. The number of hydrogen-bond donors (Lipinski definition) is 0. The number of hydrogen-bond acceptors (Lipinski definition) is 3. The second kappa shape index (κ2) is 7.23. The molecule has 1 heterocycles. The number of carbonyl (C=O) groups excluding carboxylic acids is 1. The normalized spacial score (nSPS) is 10.9. The highest BCUT2D eigenvalue weighted by atomic mass is 32.1. The number of amides is 1. The van der Waals surface area contributed by atoms with Crippen molar-refractivity contribution in [2.45, 2.75) is 13.5 Å². The Hall–Kier alpha value is -2.40. The summed E-state index contributed by atoms with van der Waals surface area (Å²) in [7, 11) is 3.99. The Kier molecular flexibility index (Phi) is 5.04. The maximum Gasteiger partial charge on any atom is 0.264 e. The van der Waals surface area contributed by atoms with Gasteiger partial charge in [0.1, 0.15) is 5.82 Å². The lowest BCUT2D eigenvalue weighted by atomic mass is 10.2. The lowest BCUT2D eigenvalue weighted by Gasteiger charge is -2.21. The molecule has 0 N–H and O–H groups in total. The summed E-state index contributed by atoms with van der Waals surface area (Å²) in [6, 6.07) is 14.8. The number of rotatable bonds is 5. The largest absolute Gasteiger partial charge is 0.378 e. The van der Waals surface area contributed by atoms with Gasteiger partial charge in [-0.05, 0) is 42.8 Å². The Balaban J connectivity index is 1.81. The minimum absolute atomic E-state index is 0.0558. The number of anilines is 1. The van der Waals surface area contributed by atoms with E-state index in [-0.39, 0.29) is 11.7 Å². The Morgan fingerprint density at radius 2 is 1.84 bits per heavy atom. The molecule has 0 saturated heterocycles. The van der Waals surface area contributed by atoms with Crippen molar-refractivity contribution in [2.24, 2.45) is 0 Å². The summed E-state index contributed by atoms with van der Waals surface area (Å²) >= 11 is 1.34. The van der Waals surface area contributed by atoms with Gasteiger partial charge in [0.15, 0.2) is 0 Å². The van der Waals surface area contributed by atoms with Crippen LogP contribution >= 0.6 is 11.3 Å². The van der Waals surface area contributed by atoms with Crippen LogP contribution < -0.4 is 4.90 Å². The van der Waals surface area contributed by atoms with E-state index in [2.05, 4.69) is 0 Å². The van der Waals surface area contributed by atoms with E-state index in [0.717, 1.165) is 16.0 Å². The summed E-state index contributed by atoms with van der Waals surface area (Å²) < 4.78 is 14.7. The van der Waals surface area contributed by atoms with E-state index in [4.69, 9.17) is 0 Å². The summed E-state index contributed by atoms with van der Waals surface area (Å²) in [5.41, 5.74) is 2.20. The van der Waals surface area contributed by atoms with E-state index in [1.54, 1.807) is 17.0 Å². The van der Waals surface area contributed by atoms with Gasteiger partial charge in [0.25, 0.3) is 5.91 Å². The maximum absolute atomic E-state index is 13.9. The van der Waals surface area contributed by atoms with E-state index in [1.807, 2.05) is 56.3 Å². The monoisotopic (exact) mass is 356 g/mol. The SMILES string of the molecule is CCN(Cc1ccc(N(C)C)cc1)C(=O)c1cc2c(F)cccc2s1. The van der Waals surface area contributed by atoms with Gasteiger partial charge in [0, 0.05) is 43.0 Å². The highest BCUT2D eigenvalue weighted by molar-refractivity contribution is 7.20. The molecule has 3 nitrogen and oxygen atoms in total. The molecule has 2 aromatic carbocycles. The van der Waals surface area contributed by atoms with Gasteiger partial charge >= 0.3 is 0 Å². The predicted molar refractivity (Wildman–Crippen MR) is 103 cm³/mol. The van der Waals surface area contributed by atoms with Crippen LogP contribution in [-0.2, 0) is 6.54 Å². The van der Waals surface area contributed by atoms with Crippen molar-refractivity contribution < 1.29 is 9.18 Å². The van der Waals surface area contributed by atoms with Crippen molar-refractivity contribution >= 4 is 33.0 Å². The fraction of sp³-hybridized carbons (Fsp3) is 0.250. The molecule has 0 unspecified atom stereocenters. The zero-order chi connectivity index (χ0) is 18.0. The first-order valence-electron chi connectivity index (χ1n) is 8.23. The van der Waals surface area contributed by atoms with Crippen LogP contribution in [0.4, 0.5) is 10.1 Å². The van der Waals surface area contributed by atoms with Crippen LogP contribution in [0.5, 0.6) is 0 Å². The standard InChI is InChI=1S/C20H21FN2OS/c1-4-23(13-14-8-10-15(11-9-14)22(2)3)20(24)19-12-16-17(21)6-5-7-18(16)25-19/h5-12H,4,13H2,1-3H3. The molecule has 0 radical (unpaired) electrons. The Bertz CT molecular complexity index is 886. The third-order valence-electron chi connectivity index (χ3n) is 4.21. The van der Waals surface area contributed by atoms with Crippen LogP contribution in [0.25, 0.3) is 10.1 Å². The molecule has 0 spiro atoms. The van der Waals surface area contributed by atoms with E-state index in [9.17, 15) is 9.18 Å². The molecule has 5 heteroatoms. The molecule has 0 saturated carbocycles. The van der Waals surface area contributed by atoms with Gasteiger partial charge in [-0.3, -0.25) is 4.79 Å². The highest BCUT2D eigenvalue weighted by Crippen LogP contribution is 2.29. The molecule has 25 heavy (non-hydrogen) atoms. The van der Waals surface area contributed by atoms with E-state index in [0.29, 0.717) is 23.4 Å². The third-order valence-corrected chi connectivity index (χ3v) is 5.30. The molecule has 0 aliphatic heterocycles. The number of thiophene rings is 1. The summed E-state index contributed by atoms with van der Waals surface area (Å²) in [6.07, 6.45) is 0. The van der Waals surface area contributed by atoms with Crippen molar-refractivity contribution in [1.29, 1.82) is 0 Å². The van der Waals surface area contributed by atoms with Crippen molar-refractivity contribution in [3.63, 3.8) is 0 Å². The van der Waals surface area contributed by atoms with Crippen LogP contribution in [0.15, 0.2) is 48.5 Å². The van der Waals surface area contributed by atoms with E-state index in [1.165, 1.54) is 17.4 Å². The van der Waals surface area contributed by atoms with Crippen LogP contribution in [0.3, 0.4) is 0 Å². The average Bonchev–Trinajstić information content (AvgIpc) is 3.05. The molecule has 0 aliphatic carbocycles. The highest BCUT2D eigenvalue weighted by Gasteiger charge is 2.18. The molecule has 1 amide bonds. The van der Waals surface area contributed by atoms with Crippen molar-refractivity contribution in [2.75, 3.05) is 25.5 Å². The van der Waals surface area contributed by atoms with Crippen molar-refractivity contribution in [3.8, 4) is 0 Å². The minimum Gasteiger partial charge on any atom is -0.378 e. The molecule has 3 rings (SSSR count). The summed E-state index contributed by atoms with van der Waals surface area (Å²) in [6.45, 7) is 3.10. The number of carbonyl (C=O) groups is 1. The Morgan fingerprint density at radius 3 is 2.44 bits per heavy atom. The second-order valence-electron chi connectivity index (χ2n) is 6.14. The van der Waals surface area contributed by atoms with Crippen LogP contribution in [0, 0.1) is 5.82 Å². The van der Waals surface area contributed by atoms with Gasteiger partial charge in [0.2, 0.25) is 0 Å². The smallest absolute Gasteiger partial charge is 0.264 e. The van der Waals surface area contributed by atoms with Crippen molar-refractivity contribution in [3.05, 3.63) is 64.8 Å². The average molecular weight is 356 g/mol. The Morgan fingerprint density at radius 1 is 1.12 bits per heavy atom. The predicted octanol–water partition coefficient (Wildman–Crippen LogP) is 4.77. The van der Waals surface area contributed by atoms with Crippen LogP contribution in [-0.4, -0.2) is 31.4 Å². The Labute approximate surface area is 151 Å². The van der Waals surface area contributed by atoms with Gasteiger partial charge < -0.3 is 9.80 Å². The molecule has 0 atom stereocenters. The van der Waals surface area contributed by atoms with Crippen LogP contribution in [0.1, 0.15) is 22.2 Å². The van der Waals surface area contributed by atoms with Crippen LogP contribution in [0.2, 0.25) is 0 Å².